The van der Waals surface area contributed by atoms with Gasteiger partial charge in [-0.15, -0.1) is 0 Å². The highest BCUT2D eigenvalue weighted by Gasteiger charge is 2.13. The Balaban J connectivity index is 2.42. The minimum Gasteiger partial charge on any atom is -0.495 e. The first-order chi connectivity index (χ1) is 10.1. The monoisotopic (exact) mass is 373 g/mol. The Morgan fingerprint density at radius 2 is 1.81 bits per heavy atom. The fourth-order valence-corrected chi connectivity index (χ4v) is 2.30. The van der Waals surface area contributed by atoms with Crippen LogP contribution in [-0.4, -0.2) is 24.2 Å². The van der Waals surface area contributed by atoms with Gasteiger partial charge in [-0.25, -0.2) is 15.8 Å². The Labute approximate surface area is 134 Å². The number of benzene rings is 1. The van der Waals surface area contributed by atoms with Crippen molar-refractivity contribution in [2.75, 3.05) is 25.0 Å². The standard InChI is InChI=1S/C12H13BrClN5O2/c1-20-8-4-9(21-2)7(3-6(8)14)18-11-10(13)12(19-15)17-5-16-11/h3-5H,15H2,1-2H3,(H2,16,17,18,19). The van der Waals surface area contributed by atoms with E-state index >= 15 is 0 Å². The van der Waals surface area contributed by atoms with Crippen molar-refractivity contribution < 1.29 is 9.47 Å². The molecule has 0 amide bonds. The zero-order chi connectivity index (χ0) is 15.4. The highest BCUT2D eigenvalue weighted by molar-refractivity contribution is 9.10. The largest absolute Gasteiger partial charge is 0.495 e. The highest BCUT2D eigenvalue weighted by Crippen LogP contribution is 2.38. The van der Waals surface area contributed by atoms with Gasteiger partial charge in [-0.1, -0.05) is 11.6 Å². The Morgan fingerprint density at radius 1 is 1.14 bits per heavy atom. The number of rotatable bonds is 5. The third-order valence-corrected chi connectivity index (χ3v) is 3.70. The number of ether oxygens (including phenoxy) is 2. The van der Waals surface area contributed by atoms with Crippen LogP contribution in [0.25, 0.3) is 0 Å². The summed E-state index contributed by atoms with van der Waals surface area (Å²) in [7, 11) is 3.09. The lowest BCUT2D eigenvalue weighted by atomic mass is 10.2. The molecule has 0 aliphatic heterocycles. The molecule has 0 unspecified atom stereocenters. The lowest BCUT2D eigenvalue weighted by Crippen LogP contribution is -2.10. The van der Waals surface area contributed by atoms with Gasteiger partial charge in [0.2, 0.25) is 0 Å². The highest BCUT2D eigenvalue weighted by atomic mass is 79.9. The number of nitrogens with one attached hydrogen (secondary N) is 2. The van der Waals surface area contributed by atoms with Gasteiger partial charge in [-0.2, -0.15) is 0 Å². The number of nitrogens with zero attached hydrogens (tertiary/aromatic N) is 2. The molecule has 1 aromatic carbocycles. The number of nitrogen functional groups attached to an aromatic ring is 1. The summed E-state index contributed by atoms with van der Waals surface area (Å²) in [5.41, 5.74) is 3.09. The van der Waals surface area contributed by atoms with Crippen LogP contribution in [-0.2, 0) is 0 Å². The maximum absolute atomic E-state index is 6.13. The first-order valence-electron chi connectivity index (χ1n) is 5.76. The zero-order valence-corrected chi connectivity index (χ0v) is 13.6. The van der Waals surface area contributed by atoms with E-state index < -0.39 is 0 Å². The van der Waals surface area contributed by atoms with Crippen molar-refractivity contribution in [3.8, 4) is 11.5 Å². The van der Waals surface area contributed by atoms with Crippen LogP contribution in [0.15, 0.2) is 22.9 Å². The predicted molar refractivity (Wildman–Crippen MR) is 85.4 cm³/mol. The average molecular weight is 375 g/mol. The molecule has 4 N–H and O–H groups in total. The Hall–Kier alpha value is -1.77. The lowest BCUT2D eigenvalue weighted by molar-refractivity contribution is 0.396. The van der Waals surface area contributed by atoms with Gasteiger partial charge in [0, 0.05) is 6.07 Å². The summed E-state index contributed by atoms with van der Waals surface area (Å²) < 4.78 is 11.0. The fourth-order valence-electron chi connectivity index (χ4n) is 1.64. The van der Waals surface area contributed by atoms with Gasteiger partial charge in [0.1, 0.15) is 28.1 Å². The first-order valence-corrected chi connectivity index (χ1v) is 6.93. The number of hydrazine groups is 1. The molecule has 1 heterocycles. The number of anilines is 3. The molecule has 2 rings (SSSR count). The van der Waals surface area contributed by atoms with Crippen LogP contribution in [0, 0.1) is 0 Å². The smallest absolute Gasteiger partial charge is 0.159 e. The third kappa shape index (κ3) is 3.29. The van der Waals surface area contributed by atoms with Gasteiger partial charge < -0.3 is 20.2 Å². The van der Waals surface area contributed by atoms with Gasteiger partial charge in [0.05, 0.1) is 24.9 Å². The summed E-state index contributed by atoms with van der Waals surface area (Å²) in [4.78, 5) is 8.11. The van der Waals surface area contributed by atoms with Crippen molar-refractivity contribution in [2.24, 2.45) is 5.84 Å². The van der Waals surface area contributed by atoms with Gasteiger partial charge >= 0.3 is 0 Å². The summed E-state index contributed by atoms with van der Waals surface area (Å²) in [6.45, 7) is 0. The molecule has 0 spiro atoms. The topological polar surface area (TPSA) is 94.3 Å². The summed E-state index contributed by atoms with van der Waals surface area (Å²) in [6.07, 6.45) is 1.37. The second-order valence-electron chi connectivity index (χ2n) is 3.84. The van der Waals surface area contributed by atoms with E-state index in [1.54, 1.807) is 19.2 Å². The Kier molecular flexibility index (Phi) is 5.05. The van der Waals surface area contributed by atoms with E-state index in [9.17, 15) is 0 Å². The minimum atomic E-state index is 0.447. The second kappa shape index (κ2) is 6.79. The van der Waals surface area contributed by atoms with Crippen molar-refractivity contribution >= 4 is 44.9 Å². The molecule has 0 atom stereocenters. The molecule has 0 aliphatic carbocycles. The Bertz CT molecular complexity index is 656. The average Bonchev–Trinajstić information content (AvgIpc) is 2.49. The van der Waals surface area contributed by atoms with E-state index in [4.69, 9.17) is 26.9 Å². The Morgan fingerprint density at radius 3 is 2.43 bits per heavy atom. The molecular formula is C12H13BrClN5O2. The molecule has 112 valence electrons. The molecule has 2 aromatic rings. The number of aromatic nitrogens is 2. The van der Waals surface area contributed by atoms with E-state index in [0.717, 1.165) is 0 Å². The zero-order valence-electron chi connectivity index (χ0n) is 11.3. The van der Waals surface area contributed by atoms with Crippen LogP contribution >= 0.6 is 27.5 Å². The summed E-state index contributed by atoms with van der Waals surface area (Å²) in [5.74, 6) is 7.41. The quantitative estimate of drug-likeness (QED) is 0.547. The van der Waals surface area contributed by atoms with E-state index in [1.165, 1.54) is 13.4 Å². The van der Waals surface area contributed by atoms with Crippen molar-refractivity contribution in [2.45, 2.75) is 0 Å². The van der Waals surface area contributed by atoms with Crippen molar-refractivity contribution in [1.82, 2.24) is 9.97 Å². The normalized spacial score (nSPS) is 10.1. The fraction of sp³-hybridized carbons (Fsp3) is 0.167. The molecule has 0 fully saturated rings. The predicted octanol–water partition coefficient (Wildman–Crippen LogP) is 2.94. The van der Waals surface area contributed by atoms with Gasteiger partial charge in [-0.05, 0) is 22.0 Å². The van der Waals surface area contributed by atoms with Crippen LogP contribution in [0.1, 0.15) is 0 Å². The second-order valence-corrected chi connectivity index (χ2v) is 5.04. The molecule has 1 aromatic heterocycles. The molecule has 0 radical (unpaired) electrons. The van der Waals surface area contributed by atoms with Crippen molar-refractivity contribution in [3.63, 3.8) is 0 Å². The SMILES string of the molecule is COc1cc(OC)c(Nc2ncnc(NN)c2Br)cc1Cl. The number of methoxy groups -OCH3 is 2. The minimum absolute atomic E-state index is 0.447. The molecule has 0 bridgehead atoms. The molecule has 0 aliphatic rings. The van der Waals surface area contributed by atoms with Crippen molar-refractivity contribution in [1.29, 1.82) is 0 Å². The first kappa shape index (κ1) is 15.6. The third-order valence-electron chi connectivity index (χ3n) is 2.65. The van der Waals surface area contributed by atoms with Crippen LogP contribution in [0.4, 0.5) is 17.3 Å². The van der Waals surface area contributed by atoms with E-state index in [-0.39, 0.29) is 0 Å². The number of hydrogen-bond acceptors (Lipinski definition) is 7. The van der Waals surface area contributed by atoms with Crippen LogP contribution < -0.4 is 26.1 Å². The molecule has 9 heteroatoms. The van der Waals surface area contributed by atoms with Crippen LogP contribution in [0.5, 0.6) is 11.5 Å². The maximum atomic E-state index is 6.13. The summed E-state index contributed by atoms with van der Waals surface area (Å²) in [6, 6.07) is 3.37. The van der Waals surface area contributed by atoms with E-state index in [2.05, 4.69) is 36.6 Å². The van der Waals surface area contributed by atoms with Gasteiger partial charge in [0.15, 0.2) is 5.82 Å². The summed E-state index contributed by atoms with van der Waals surface area (Å²) >= 11 is 9.49. The number of hydrogen-bond donors (Lipinski definition) is 3. The molecule has 0 saturated carbocycles. The number of nitrogens with two attached hydrogens (primary N) is 1. The van der Waals surface area contributed by atoms with E-state index in [0.29, 0.717) is 38.3 Å². The van der Waals surface area contributed by atoms with E-state index in [1.807, 2.05) is 0 Å². The summed E-state index contributed by atoms with van der Waals surface area (Å²) in [5, 5.41) is 3.55. The van der Waals surface area contributed by atoms with Crippen LogP contribution in [0.3, 0.4) is 0 Å². The molecular weight excluding hydrogens is 362 g/mol. The molecule has 7 nitrogen and oxygen atoms in total. The molecule has 0 saturated heterocycles. The van der Waals surface area contributed by atoms with Gasteiger partial charge in [-0.3, -0.25) is 0 Å². The number of halogens is 2. The van der Waals surface area contributed by atoms with Crippen molar-refractivity contribution in [3.05, 3.63) is 28.0 Å². The van der Waals surface area contributed by atoms with Crippen LogP contribution in [0.2, 0.25) is 5.02 Å². The lowest BCUT2D eigenvalue weighted by Gasteiger charge is -2.14. The molecule has 21 heavy (non-hydrogen) atoms. The maximum Gasteiger partial charge on any atom is 0.159 e. The van der Waals surface area contributed by atoms with Gasteiger partial charge in [0.25, 0.3) is 0 Å².